The number of nitrogens with zero attached hydrogens (tertiary/aromatic N) is 4. The van der Waals surface area contributed by atoms with Crippen molar-refractivity contribution in [2.24, 2.45) is 5.10 Å². The van der Waals surface area contributed by atoms with Crippen molar-refractivity contribution < 1.29 is 4.79 Å². The van der Waals surface area contributed by atoms with Gasteiger partial charge < -0.3 is 11.2 Å². The zero-order valence-corrected chi connectivity index (χ0v) is 17.0. The van der Waals surface area contributed by atoms with Gasteiger partial charge in [-0.15, -0.1) is 10.2 Å². The molecule has 138 valence electrons. The van der Waals surface area contributed by atoms with Gasteiger partial charge in [0.2, 0.25) is 11.1 Å². The van der Waals surface area contributed by atoms with Gasteiger partial charge in [0.25, 0.3) is 5.95 Å². The van der Waals surface area contributed by atoms with Gasteiger partial charge >= 0.3 is 0 Å². The Morgan fingerprint density at radius 1 is 1.19 bits per heavy atom. The number of benzene rings is 2. The Labute approximate surface area is 173 Å². The van der Waals surface area contributed by atoms with Gasteiger partial charge in [-0.3, -0.25) is 4.79 Å². The maximum atomic E-state index is 12.0. The number of hydrogen-bond acceptors (Lipinski definition) is 7. The molecule has 0 aliphatic carbocycles. The molecule has 27 heavy (non-hydrogen) atoms. The number of nitrogen functional groups attached to an aromatic ring is 1. The maximum absolute atomic E-state index is 12.0. The lowest BCUT2D eigenvalue weighted by Gasteiger charge is -2.05. The third kappa shape index (κ3) is 5.69. The molecule has 1 amide bonds. The summed E-state index contributed by atoms with van der Waals surface area (Å²) in [7, 11) is 0. The molecular weight excluding hydrogens is 477 g/mol. The summed E-state index contributed by atoms with van der Waals surface area (Å²) < 4.78 is 2.36. The van der Waals surface area contributed by atoms with E-state index in [1.165, 1.54) is 16.4 Å². The van der Waals surface area contributed by atoms with E-state index in [0.717, 1.165) is 14.8 Å². The average Bonchev–Trinajstić information content (AvgIpc) is 3.03. The first kappa shape index (κ1) is 19.2. The molecule has 1 heterocycles. The molecule has 8 nitrogen and oxygen atoms in total. The summed E-state index contributed by atoms with van der Waals surface area (Å²) in [5.41, 5.74) is 4.42. The van der Waals surface area contributed by atoms with E-state index in [-0.39, 0.29) is 17.6 Å². The van der Waals surface area contributed by atoms with E-state index in [0.29, 0.717) is 5.16 Å². The summed E-state index contributed by atoms with van der Waals surface area (Å²) in [5, 5.41) is 15.2. The zero-order chi connectivity index (χ0) is 19.1. The van der Waals surface area contributed by atoms with Gasteiger partial charge in [-0.2, -0.15) is 5.10 Å². The van der Waals surface area contributed by atoms with E-state index in [1.807, 2.05) is 54.6 Å². The van der Waals surface area contributed by atoms with Crippen molar-refractivity contribution in [3.63, 3.8) is 0 Å². The lowest BCUT2D eigenvalue weighted by molar-refractivity contribution is -0.113. The Bertz CT molecular complexity index is 928. The summed E-state index contributed by atoms with van der Waals surface area (Å²) in [5.74, 6) is 6.23. The molecule has 0 unspecified atom stereocenters. The average molecular weight is 493 g/mol. The first-order valence-electron chi connectivity index (χ1n) is 7.84. The van der Waals surface area contributed by atoms with Crippen molar-refractivity contribution in [2.45, 2.75) is 5.16 Å². The van der Waals surface area contributed by atoms with E-state index in [1.54, 1.807) is 6.21 Å². The second-order valence-electron chi connectivity index (χ2n) is 5.30. The van der Waals surface area contributed by atoms with Crippen molar-refractivity contribution in [1.29, 1.82) is 0 Å². The highest BCUT2D eigenvalue weighted by Crippen LogP contribution is 2.17. The number of halogens is 1. The van der Waals surface area contributed by atoms with Crippen LogP contribution in [0.3, 0.4) is 0 Å². The number of carbonyl (C=O) groups excluding carboxylic acids is 1. The Morgan fingerprint density at radius 3 is 2.67 bits per heavy atom. The molecule has 1 aromatic heterocycles. The van der Waals surface area contributed by atoms with Crippen LogP contribution in [-0.2, 0) is 4.79 Å². The summed E-state index contributed by atoms with van der Waals surface area (Å²) in [6.45, 7) is 0. The number of aromatic nitrogens is 3. The smallest absolute Gasteiger partial charge is 0.264 e. The summed E-state index contributed by atoms with van der Waals surface area (Å²) in [6, 6.07) is 17.2. The zero-order valence-electron chi connectivity index (χ0n) is 14.0. The number of thioether (sulfide) groups is 1. The predicted octanol–water partition coefficient (Wildman–Crippen LogP) is 2.77. The molecule has 4 N–H and O–H groups in total. The molecule has 2 aromatic carbocycles. The second-order valence-corrected chi connectivity index (χ2v) is 7.49. The summed E-state index contributed by atoms with van der Waals surface area (Å²) in [4.78, 5) is 12.0. The first-order valence-corrected chi connectivity index (χ1v) is 9.91. The van der Waals surface area contributed by atoms with Gasteiger partial charge in [-0.1, -0.05) is 42.1 Å². The highest BCUT2D eigenvalue weighted by atomic mass is 127. The van der Waals surface area contributed by atoms with E-state index in [2.05, 4.69) is 48.6 Å². The quantitative estimate of drug-likeness (QED) is 0.154. The van der Waals surface area contributed by atoms with Crippen molar-refractivity contribution in [3.8, 4) is 0 Å². The van der Waals surface area contributed by atoms with Gasteiger partial charge in [0, 0.05) is 9.26 Å². The van der Waals surface area contributed by atoms with E-state index < -0.39 is 0 Å². The largest absolute Gasteiger partial charge is 0.334 e. The van der Waals surface area contributed by atoms with Gasteiger partial charge in [-0.25, -0.2) is 10.1 Å². The van der Waals surface area contributed by atoms with Crippen LogP contribution in [0.2, 0.25) is 0 Å². The number of hydrazone groups is 1. The Balaban J connectivity index is 1.51. The van der Waals surface area contributed by atoms with Gasteiger partial charge in [0.05, 0.1) is 12.0 Å². The molecule has 0 atom stereocenters. The molecule has 3 rings (SSSR count). The fourth-order valence-electron chi connectivity index (χ4n) is 2.02. The normalized spacial score (nSPS) is 10.9. The molecule has 0 saturated heterocycles. The van der Waals surface area contributed by atoms with Crippen LogP contribution in [0, 0.1) is 3.57 Å². The fraction of sp³-hybridized carbons (Fsp3) is 0.0588. The Morgan fingerprint density at radius 2 is 1.93 bits per heavy atom. The highest BCUT2D eigenvalue weighted by Gasteiger charge is 2.12. The molecule has 0 spiro atoms. The minimum Gasteiger partial charge on any atom is -0.334 e. The fourth-order valence-corrected chi connectivity index (χ4v) is 3.03. The Hall–Kier alpha value is -2.60. The summed E-state index contributed by atoms with van der Waals surface area (Å²) >= 11 is 3.40. The number of anilines is 2. The minimum atomic E-state index is -0.152. The summed E-state index contributed by atoms with van der Waals surface area (Å²) in [6.07, 6.45) is 1.65. The highest BCUT2D eigenvalue weighted by molar-refractivity contribution is 14.1. The molecule has 0 saturated carbocycles. The SMILES string of the molecule is Nn1c(N/N=C/c2ccccc2)nnc1SCC(=O)Nc1ccc(I)cc1. The molecule has 0 bridgehead atoms. The number of amides is 1. The van der Waals surface area contributed by atoms with Crippen LogP contribution in [0.25, 0.3) is 0 Å². The standard InChI is InChI=1S/C17H16IN7OS/c18-13-6-8-14(9-7-13)21-15(26)11-27-17-24-23-16(25(17)19)22-20-10-12-4-2-1-3-5-12/h1-10H,11,19H2,(H,21,26)(H,22,23)/b20-10+. The first-order chi connectivity index (χ1) is 13.1. The van der Waals surface area contributed by atoms with Gasteiger partial charge in [-0.05, 0) is 52.4 Å². The van der Waals surface area contributed by atoms with Gasteiger partial charge in [0.1, 0.15) is 0 Å². The minimum absolute atomic E-state index is 0.152. The number of nitrogens with one attached hydrogen (secondary N) is 2. The number of hydrogen-bond donors (Lipinski definition) is 3. The monoisotopic (exact) mass is 493 g/mol. The third-order valence-corrected chi connectivity index (χ3v) is 4.96. The third-order valence-electron chi connectivity index (χ3n) is 3.30. The number of nitrogens with two attached hydrogens (primary N) is 1. The topological polar surface area (TPSA) is 110 Å². The van der Waals surface area contributed by atoms with E-state index in [9.17, 15) is 4.79 Å². The van der Waals surface area contributed by atoms with Crippen LogP contribution in [-0.4, -0.2) is 32.7 Å². The molecular formula is C17H16IN7OS. The van der Waals surface area contributed by atoms with Crippen molar-refractivity contribution in [1.82, 2.24) is 14.9 Å². The van der Waals surface area contributed by atoms with Crippen molar-refractivity contribution in [3.05, 3.63) is 63.7 Å². The van der Waals surface area contributed by atoms with Gasteiger partial charge in [0.15, 0.2) is 0 Å². The van der Waals surface area contributed by atoms with E-state index >= 15 is 0 Å². The van der Waals surface area contributed by atoms with E-state index in [4.69, 9.17) is 5.84 Å². The van der Waals surface area contributed by atoms with Crippen LogP contribution in [0.5, 0.6) is 0 Å². The van der Waals surface area contributed by atoms with Crippen LogP contribution < -0.4 is 16.6 Å². The predicted molar refractivity (Wildman–Crippen MR) is 116 cm³/mol. The van der Waals surface area contributed by atoms with Crippen LogP contribution in [0.4, 0.5) is 11.6 Å². The maximum Gasteiger partial charge on any atom is 0.264 e. The molecule has 0 aliphatic rings. The van der Waals surface area contributed by atoms with Crippen LogP contribution in [0.1, 0.15) is 5.56 Å². The van der Waals surface area contributed by atoms with Crippen LogP contribution in [0.15, 0.2) is 64.9 Å². The lowest BCUT2D eigenvalue weighted by Crippen LogP contribution is -2.16. The van der Waals surface area contributed by atoms with Crippen LogP contribution >= 0.6 is 34.4 Å². The molecule has 0 aliphatic heterocycles. The molecule has 0 fully saturated rings. The molecule has 3 aromatic rings. The molecule has 0 radical (unpaired) electrons. The number of carbonyl (C=O) groups is 1. The van der Waals surface area contributed by atoms with Crippen molar-refractivity contribution >= 4 is 58.1 Å². The molecule has 10 heteroatoms. The Kier molecular flexibility index (Phi) is 6.65. The number of rotatable bonds is 7. The lowest BCUT2D eigenvalue weighted by atomic mass is 10.2. The van der Waals surface area contributed by atoms with Crippen molar-refractivity contribution in [2.75, 3.05) is 22.3 Å². The second kappa shape index (κ2) is 9.37.